The van der Waals surface area contributed by atoms with Crippen molar-refractivity contribution in [2.24, 2.45) is 5.84 Å². The van der Waals surface area contributed by atoms with Crippen molar-refractivity contribution in [3.8, 4) is 0 Å². The molecule has 5 heteroatoms. The predicted molar refractivity (Wildman–Crippen MR) is 76.6 cm³/mol. The van der Waals surface area contributed by atoms with Crippen molar-refractivity contribution in [1.29, 1.82) is 0 Å². The first-order valence-electron chi connectivity index (χ1n) is 5.61. The second-order valence-electron chi connectivity index (χ2n) is 4.07. The van der Waals surface area contributed by atoms with Gasteiger partial charge in [-0.05, 0) is 41.8 Å². The summed E-state index contributed by atoms with van der Waals surface area (Å²) in [7, 11) is 0. The summed E-state index contributed by atoms with van der Waals surface area (Å²) in [5.41, 5.74) is 10.7. The minimum atomic E-state index is 0.0456. The van der Waals surface area contributed by atoms with Gasteiger partial charge in [0.25, 0.3) is 0 Å². The number of hydrogen-bond donors (Lipinski definition) is 3. The quantitative estimate of drug-likeness (QED) is 0.597. The zero-order valence-electron chi connectivity index (χ0n) is 9.81. The molecule has 0 radical (unpaired) electrons. The summed E-state index contributed by atoms with van der Waals surface area (Å²) in [6, 6.07) is 11.9. The first kappa shape index (κ1) is 13.0. The van der Waals surface area contributed by atoms with Gasteiger partial charge in [-0.25, -0.2) is 4.98 Å². The molecule has 2 rings (SSSR count). The molecule has 0 aliphatic rings. The number of hydrazine groups is 1. The first-order chi connectivity index (χ1) is 8.69. The van der Waals surface area contributed by atoms with Gasteiger partial charge in [-0.1, -0.05) is 28.1 Å². The molecule has 1 aromatic carbocycles. The molecule has 94 valence electrons. The molecular formula is C13H15BrN4. The molecule has 0 spiro atoms. The standard InChI is InChI=1S/C13H15BrN4/c14-11-3-1-2-10(8-11)12(18-16)6-9-4-5-17-13(15)7-9/h1-5,7-8,12,18H,6,16H2,(H2,15,17). The van der Waals surface area contributed by atoms with Crippen LogP contribution < -0.4 is 17.0 Å². The topological polar surface area (TPSA) is 77.0 Å². The third-order valence-corrected chi connectivity index (χ3v) is 3.23. The smallest absolute Gasteiger partial charge is 0.123 e. The van der Waals surface area contributed by atoms with Gasteiger partial charge < -0.3 is 5.73 Å². The van der Waals surface area contributed by atoms with Crippen LogP contribution in [0.15, 0.2) is 47.1 Å². The highest BCUT2D eigenvalue weighted by Crippen LogP contribution is 2.21. The van der Waals surface area contributed by atoms with Crippen LogP contribution in [-0.4, -0.2) is 4.98 Å². The molecule has 0 aliphatic heterocycles. The lowest BCUT2D eigenvalue weighted by atomic mass is 10.00. The Morgan fingerprint density at radius 1 is 1.28 bits per heavy atom. The van der Waals surface area contributed by atoms with Crippen LogP contribution in [0.4, 0.5) is 5.82 Å². The van der Waals surface area contributed by atoms with Gasteiger partial charge in [0.1, 0.15) is 5.82 Å². The molecule has 0 fully saturated rings. The highest BCUT2D eigenvalue weighted by molar-refractivity contribution is 9.10. The van der Waals surface area contributed by atoms with Crippen LogP contribution in [0.3, 0.4) is 0 Å². The number of halogens is 1. The second-order valence-corrected chi connectivity index (χ2v) is 4.98. The van der Waals surface area contributed by atoms with Gasteiger partial charge in [0.05, 0.1) is 6.04 Å². The van der Waals surface area contributed by atoms with Crippen molar-refractivity contribution in [2.45, 2.75) is 12.5 Å². The van der Waals surface area contributed by atoms with Gasteiger partial charge in [0.2, 0.25) is 0 Å². The summed E-state index contributed by atoms with van der Waals surface area (Å²) < 4.78 is 1.04. The van der Waals surface area contributed by atoms with Crippen LogP contribution in [0.25, 0.3) is 0 Å². The van der Waals surface area contributed by atoms with Crippen LogP contribution in [0.1, 0.15) is 17.2 Å². The average Bonchev–Trinajstić information content (AvgIpc) is 2.36. The number of benzene rings is 1. The minimum absolute atomic E-state index is 0.0456. The summed E-state index contributed by atoms with van der Waals surface area (Å²) >= 11 is 3.46. The number of hydrogen-bond acceptors (Lipinski definition) is 4. The maximum Gasteiger partial charge on any atom is 0.123 e. The highest BCUT2D eigenvalue weighted by Gasteiger charge is 2.11. The molecule has 18 heavy (non-hydrogen) atoms. The molecule has 1 atom stereocenters. The van der Waals surface area contributed by atoms with Gasteiger partial charge in [0.15, 0.2) is 0 Å². The average molecular weight is 307 g/mol. The number of nitrogens with two attached hydrogens (primary N) is 2. The molecule has 1 heterocycles. The molecule has 4 nitrogen and oxygen atoms in total. The van der Waals surface area contributed by atoms with Crippen LogP contribution >= 0.6 is 15.9 Å². The Bertz CT molecular complexity index is 530. The molecule has 1 unspecified atom stereocenters. The lowest BCUT2D eigenvalue weighted by Gasteiger charge is -2.16. The minimum Gasteiger partial charge on any atom is -0.384 e. The lowest BCUT2D eigenvalue weighted by molar-refractivity contribution is 0.551. The monoisotopic (exact) mass is 306 g/mol. The molecule has 0 saturated carbocycles. The van der Waals surface area contributed by atoms with E-state index in [1.807, 2.05) is 30.3 Å². The fraction of sp³-hybridized carbons (Fsp3) is 0.154. The number of aromatic nitrogens is 1. The maximum atomic E-state index is 5.67. The van der Waals surface area contributed by atoms with Gasteiger partial charge in [0, 0.05) is 10.7 Å². The van der Waals surface area contributed by atoms with E-state index in [1.54, 1.807) is 6.20 Å². The second kappa shape index (κ2) is 5.95. The fourth-order valence-corrected chi connectivity index (χ4v) is 2.27. The molecular weight excluding hydrogens is 292 g/mol. The summed E-state index contributed by atoms with van der Waals surface area (Å²) in [5.74, 6) is 6.15. The predicted octanol–water partition coefficient (Wildman–Crippen LogP) is 2.17. The Labute approximate surface area is 115 Å². The zero-order valence-corrected chi connectivity index (χ0v) is 11.4. The number of pyridine rings is 1. The lowest BCUT2D eigenvalue weighted by Crippen LogP contribution is -2.29. The van der Waals surface area contributed by atoms with Gasteiger partial charge in [-0.3, -0.25) is 11.3 Å². The van der Waals surface area contributed by atoms with E-state index < -0.39 is 0 Å². The first-order valence-corrected chi connectivity index (χ1v) is 6.40. The molecule has 0 bridgehead atoms. The number of nitrogens with zero attached hydrogens (tertiary/aromatic N) is 1. The fourth-order valence-electron chi connectivity index (χ4n) is 1.85. The molecule has 0 amide bonds. The van der Waals surface area contributed by atoms with Crippen LogP contribution in [0.2, 0.25) is 0 Å². The van der Waals surface area contributed by atoms with E-state index in [-0.39, 0.29) is 6.04 Å². The Kier molecular flexibility index (Phi) is 4.30. The van der Waals surface area contributed by atoms with Crippen LogP contribution in [0, 0.1) is 0 Å². The third-order valence-electron chi connectivity index (χ3n) is 2.74. The molecule has 5 N–H and O–H groups in total. The summed E-state index contributed by atoms with van der Waals surface area (Å²) in [6.45, 7) is 0. The van der Waals surface area contributed by atoms with E-state index in [1.165, 1.54) is 0 Å². The Morgan fingerprint density at radius 2 is 2.11 bits per heavy atom. The number of nitrogens with one attached hydrogen (secondary N) is 1. The maximum absolute atomic E-state index is 5.67. The Balaban J connectivity index is 2.19. The van der Waals surface area contributed by atoms with Crippen molar-refractivity contribution < 1.29 is 0 Å². The number of rotatable bonds is 4. The van der Waals surface area contributed by atoms with Crippen molar-refractivity contribution in [1.82, 2.24) is 10.4 Å². The summed E-state index contributed by atoms with van der Waals surface area (Å²) in [5, 5.41) is 0. The summed E-state index contributed by atoms with van der Waals surface area (Å²) in [6.07, 6.45) is 2.47. The van der Waals surface area contributed by atoms with Crippen molar-refractivity contribution in [2.75, 3.05) is 5.73 Å². The molecule has 0 saturated heterocycles. The molecule has 1 aromatic heterocycles. The third kappa shape index (κ3) is 3.29. The highest BCUT2D eigenvalue weighted by atomic mass is 79.9. The summed E-state index contributed by atoms with van der Waals surface area (Å²) in [4.78, 5) is 3.98. The SMILES string of the molecule is NNC(Cc1ccnc(N)c1)c1cccc(Br)c1. The van der Waals surface area contributed by atoms with Gasteiger partial charge in [-0.15, -0.1) is 0 Å². The molecule has 0 aliphatic carbocycles. The number of anilines is 1. The van der Waals surface area contributed by atoms with E-state index in [9.17, 15) is 0 Å². The van der Waals surface area contributed by atoms with Crippen LogP contribution in [-0.2, 0) is 6.42 Å². The van der Waals surface area contributed by atoms with Crippen molar-refractivity contribution in [3.63, 3.8) is 0 Å². The molecule has 2 aromatic rings. The van der Waals surface area contributed by atoms with Gasteiger partial charge in [-0.2, -0.15) is 0 Å². The zero-order chi connectivity index (χ0) is 13.0. The van der Waals surface area contributed by atoms with Crippen molar-refractivity contribution >= 4 is 21.7 Å². The van der Waals surface area contributed by atoms with E-state index in [2.05, 4.69) is 32.4 Å². The van der Waals surface area contributed by atoms with E-state index in [4.69, 9.17) is 11.6 Å². The van der Waals surface area contributed by atoms with E-state index in [0.29, 0.717) is 5.82 Å². The van der Waals surface area contributed by atoms with Crippen molar-refractivity contribution in [3.05, 3.63) is 58.2 Å². The van der Waals surface area contributed by atoms with E-state index >= 15 is 0 Å². The number of nitrogen functional groups attached to an aromatic ring is 1. The Morgan fingerprint density at radius 3 is 2.78 bits per heavy atom. The van der Waals surface area contributed by atoms with Crippen LogP contribution in [0.5, 0.6) is 0 Å². The Hall–Kier alpha value is -1.43. The largest absolute Gasteiger partial charge is 0.384 e. The normalized spacial score (nSPS) is 12.3. The van der Waals surface area contributed by atoms with E-state index in [0.717, 1.165) is 22.0 Å². The van der Waals surface area contributed by atoms with Gasteiger partial charge >= 0.3 is 0 Å².